The number of rotatable bonds is 2. The molecule has 1 spiro atoms. The number of amides is 2. The Hall–Kier alpha value is -1.91. The van der Waals surface area contributed by atoms with Crippen molar-refractivity contribution in [2.75, 3.05) is 26.7 Å². The fraction of sp³-hybridized carbons (Fsp3) is 0.579. The Morgan fingerprint density at radius 2 is 1.96 bits per heavy atom. The lowest BCUT2D eigenvalue weighted by atomic mass is 9.73. The highest BCUT2D eigenvalue weighted by atomic mass is 19.1. The number of benzene rings is 1. The summed E-state index contributed by atoms with van der Waals surface area (Å²) in [6.07, 6.45) is 0.566. The predicted octanol–water partition coefficient (Wildman–Crippen LogP) is 2.21. The number of hydrogen-bond acceptors (Lipinski definition) is 2. The van der Waals surface area contributed by atoms with Gasteiger partial charge in [-0.2, -0.15) is 0 Å². The Bertz CT molecular complexity index is 659. The zero-order valence-electron chi connectivity index (χ0n) is 14.0. The Balaban J connectivity index is 1.58. The van der Waals surface area contributed by atoms with Crippen molar-refractivity contribution in [3.8, 4) is 0 Å². The van der Waals surface area contributed by atoms with E-state index >= 15 is 0 Å². The van der Waals surface area contributed by atoms with Crippen LogP contribution >= 0.6 is 0 Å². The predicted molar refractivity (Wildman–Crippen MR) is 88.1 cm³/mol. The molecule has 0 bridgehead atoms. The highest BCUT2D eigenvalue weighted by Gasteiger charge is 2.57. The van der Waals surface area contributed by atoms with Crippen LogP contribution in [0.2, 0.25) is 0 Å². The van der Waals surface area contributed by atoms with E-state index in [1.165, 1.54) is 0 Å². The van der Waals surface area contributed by atoms with Crippen LogP contribution in [0.1, 0.15) is 30.7 Å². The van der Waals surface area contributed by atoms with Crippen LogP contribution in [-0.2, 0) is 9.59 Å². The van der Waals surface area contributed by atoms with Crippen LogP contribution in [0.4, 0.5) is 4.39 Å². The number of nitrogens with zero attached hydrogens (tertiary/aromatic N) is 2. The van der Waals surface area contributed by atoms with Gasteiger partial charge in [0.1, 0.15) is 6.17 Å². The molecule has 2 saturated heterocycles. The summed E-state index contributed by atoms with van der Waals surface area (Å²) in [6.45, 7) is 1.78. The first-order chi connectivity index (χ1) is 11.5. The molecule has 0 aromatic heterocycles. The quantitative estimate of drug-likeness (QED) is 0.834. The maximum absolute atomic E-state index is 13.1. The van der Waals surface area contributed by atoms with Gasteiger partial charge < -0.3 is 9.80 Å². The van der Waals surface area contributed by atoms with E-state index in [1.807, 2.05) is 30.1 Å². The molecule has 5 heteroatoms. The lowest BCUT2D eigenvalue weighted by Gasteiger charge is -2.33. The first-order valence-electron chi connectivity index (χ1n) is 8.74. The summed E-state index contributed by atoms with van der Waals surface area (Å²) >= 11 is 0. The van der Waals surface area contributed by atoms with Gasteiger partial charge in [0.05, 0.1) is 5.41 Å². The fourth-order valence-corrected chi connectivity index (χ4v) is 4.66. The van der Waals surface area contributed by atoms with Gasteiger partial charge in [0, 0.05) is 38.5 Å². The maximum Gasteiger partial charge on any atom is 0.231 e. The molecular weight excluding hydrogens is 307 g/mol. The second kappa shape index (κ2) is 5.57. The Labute approximate surface area is 141 Å². The molecule has 1 saturated carbocycles. The van der Waals surface area contributed by atoms with Crippen LogP contribution in [0.25, 0.3) is 0 Å². The van der Waals surface area contributed by atoms with Crippen molar-refractivity contribution in [3.05, 3.63) is 35.9 Å². The Morgan fingerprint density at radius 3 is 2.62 bits per heavy atom. The van der Waals surface area contributed by atoms with E-state index in [4.69, 9.17) is 0 Å². The molecule has 24 heavy (non-hydrogen) atoms. The monoisotopic (exact) mass is 330 g/mol. The molecule has 2 atom stereocenters. The van der Waals surface area contributed by atoms with Crippen molar-refractivity contribution in [2.24, 2.45) is 11.3 Å². The van der Waals surface area contributed by atoms with Gasteiger partial charge in [-0.25, -0.2) is 4.39 Å². The fourth-order valence-electron chi connectivity index (χ4n) is 4.66. The number of halogens is 1. The van der Waals surface area contributed by atoms with Gasteiger partial charge in [-0.1, -0.05) is 30.3 Å². The van der Waals surface area contributed by atoms with E-state index in [1.54, 1.807) is 4.90 Å². The minimum Gasteiger partial charge on any atom is -0.345 e. The number of likely N-dealkylation sites (tertiary alicyclic amines) is 2. The van der Waals surface area contributed by atoms with Crippen LogP contribution in [0, 0.1) is 11.3 Å². The molecule has 3 fully saturated rings. The zero-order valence-corrected chi connectivity index (χ0v) is 14.0. The molecule has 2 amide bonds. The van der Waals surface area contributed by atoms with Crippen LogP contribution < -0.4 is 0 Å². The second-order valence-corrected chi connectivity index (χ2v) is 7.58. The van der Waals surface area contributed by atoms with Gasteiger partial charge in [0.15, 0.2) is 0 Å². The van der Waals surface area contributed by atoms with E-state index in [2.05, 4.69) is 12.1 Å². The summed E-state index contributed by atoms with van der Waals surface area (Å²) in [6, 6.07) is 10.1. The summed E-state index contributed by atoms with van der Waals surface area (Å²) in [4.78, 5) is 29.1. The molecule has 2 heterocycles. The third-order valence-corrected chi connectivity index (χ3v) is 6.14. The number of carbonyl (C=O) groups is 2. The van der Waals surface area contributed by atoms with E-state index in [9.17, 15) is 14.0 Å². The number of likely N-dealkylation sites (N-methyl/N-ethyl adjacent to an activating group) is 1. The first kappa shape index (κ1) is 15.6. The van der Waals surface area contributed by atoms with Crippen LogP contribution in [0.3, 0.4) is 0 Å². The molecule has 0 unspecified atom stereocenters. The third-order valence-electron chi connectivity index (χ3n) is 6.14. The standard InChI is InChI=1S/C19H23FN2O2/c1-21-11-16(13-5-3-2-4-6-13)19(18(21)24)7-8-22(12-19)17(23)14-9-15(20)10-14/h2-6,14-16H,7-12H2,1H3/t14?,15?,16-,19+/m1/s1. The van der Waals surface area contributed by atoms with Crippen LogP contribution in [0.15, 0.2) is 30.3 Å². The van der Waals surface area contributed by atoms with Gasteiger partial charge in [0.25, 0.3) is 0 Å². The zero-order chi connectivity index (χ0) is 16.9. The molecular formula is C19H23FN2O2. The highest BCUT2D eigenvalue weighted by Crippen LogP contribution is 2.50. The highest BCUT2D eigenvalue weighted by molar-refractivity contribution is 5.89. The van der Waals surface area contributed by atoms with Crippen LogP contribution in [-0.4, -0.2) is 54.5 Å². The van der Waals surface area contributed by atoms with E-state index in [0.29, 0.717) is 38.9 Å². The number of hydrogen-bond donors (Lipinski definition) is 0. The summed E-state index contributed by atoms with van der Waals surface area (Å²) in [5, 5.41) is 0. The second-order valence-electron chi connectivity index (χ2n) is 7.58. The SMILES string of the molecule is CN1C[C@H](c2ccccc2)[C@@]2(CCN(C(=O)C3CC(F)C3)C2)C1=O. The van der Waals surface area contributed by atoms with E-state index in [0.717, 1.165) is 5.56 Å². The average Bonchev–Trinajstić information content (AvgIpc) is 3.11. The molecule has 2 aliphatic heterocycles. The minimum absolute atomic E-state index is 0.0370. The minimum atomic E-state index is -0.827. The van der Waals surface area contributed by atoms with Gasteiger partial charge in [-0.3, -0.25) is 9.59 Å². The van der Waals surface area contributed by atoms with Crippen molar-refractivity contribution < 1.29 is 14.0 Å². The molecule has 4 nitrogen and oxygen atoms in total. The smallest absolute Gasteiger partial charge is 0.231 e. The number of alkyl halides is 1. The topological polar surface area (TPSA) is 40.6 Å². The van der Waals surface area contributed by atoms with E-state index < -0.39 is 11.6 Å². The molecule has 3 aliphatic rings. The maximum atomic E-state index is 13.1. The Morgan fingerprint density at radius 1 is 1.25 bits per heavy atom. The van der Waals surface area contributed by atoms with E-state index in [-0.39, 0.29) is 23.7 Å². The molecule has 4 rings (SSSR count). The molecule has 1 aromatic carbocycles. The lowest BCUT2D eigenvalue weighted by molar-refractivity contribution is -0.140. The molecule has 0 N–H and O–H groups in total. The van der Waals surface area contributed by atoms with Crippen LogP contribution in [0.5, 0.6) is 0 Å². The largest absolute Gasteiger partial charge is 0.345 e. The van der Waals surface area contributed by atoms with Crippen molar-refractivity contribution in [1.82, 2.24) is 9.80 Å². The molecule has 0 radical (unpaired) electrons. The summed E-state index contributed by atoms with van der Waals surface area (Å²) in [7, 11) is 1.84. The molecule has 128 valence electrons. The average molecular weight is 330 g/mol. The van der Waals surface area contributed by atoms with Crippen molar-refractivity contribution in [3.63, 3.8) is 0 Å². The lowest BCUT2D eigenvalue weighted by Crippen LogP contribution is -2.44. The van der Waals surface area contributed by atoms with Gasteiger partial charge in [0.2, 0.25) is 11.8 Å². The van der Waals surface area contributed by atoms with Crippen molar-refractivity contribution >= 4 is 11.8 Å². The van der Waals surface area contributed by atoms with Gasteiger partial charge in [-0.05, 0) is 24.8 Å². The Kier molecular flexibility index (Phi) is 3.62. The van der Waals surface area contributed by atoms with Crippen molar-refractivity contribution in [1.29, 1.82) is 0 Å². The number of carbonyl (C=O) groups excluding carboxylic acids is 2. The summed E-state index contributed by atoms with van der Waals surface area (Å²) in [5.74, 6) is 0.113. The first-order valence-corrected chi connectivity index (χ1v) is 8.74. The molecule has 1 aliphatic carbocycles. The summed E-state index contributed by atoms with van der Waals surface area (Å²) < 4.78 is 13.1. The normalized spacial score (nSPS) is 35.6. The third kappa shape index (κ3) is 2.25. The van der Waals surface area contributed by atoms with Gasteiger partial charge in [-0.15, -0.1) is 0 Å². The molecule has 1 aromatic rings. The van der Waals surface area contributed by atoms with Gasteiger partial charge >= 0.3 is 0 Å². The summed E-state index contributed by atoms with van der Waals surface area (Å²) in [5.41, 5.74) is 0.655. The van der Waals surface area contributed by atoms with Crippen molar-refractivity contribution in [2.45, 2.75) is 31.4 Å².